The van der Waals surface area contributed by atoms with Crippen LogP contribution in [0.2, 0.25) is 0 Å². The molecular weight excluding hydrogens is 1280 g/mol. The number of aliphatic hydroxyl groups excluding tert-OH is 1. The molecule has 98 heavy (non-hydrogen) atoms. The minimum absolute atomic E-state index is 0. The maximum absolute atomic E-state index is 11.8. The van der Waals surface area contributed by atoms with Crippen LogP contribution in [0, 0.1) is 0 Å². The smallest absolute Gasteiger partial charge is 0.305 e. The summed E-state index contributed by atoms with van der Waals surface area (Å²) in [5.41, 5.74) is 5.20. The first-order valence-electron chi connectivity index (χ1n) is 36.4. The molecule has 25 heteroatoms. The molecule has 0 radical (unpaired) electrons. The van der Waals surface area contributed by atoms with Gasteiger partial charge in [0.15, 0.2) is 0 Å². The van der Waals surface area contributed by atoms with Crippen molar-refractivity contribution in [3.63, 3.8) is 0 Å². The number of nitrogens with two attached hydrogens (primary N) is 1. The second-order valence-electron chi connectivity index (χ2n) is 24.9. The minimum atomic E-state index is -3.08. The number of carboxylic acids is 3. The number of rotatable bonds is 48. The number of unbranched alkanes of at least 4 members (excludes halogenated alkanes) is 21. The first kappa shape index (κ1) is 115. The number of aliphatic carboxylic acids is 3. The van der Waals surface area contributed by atoms with Crippen LogP contribution in [0.25, 0.3) is 0 Å². The van der Waals surface area contributed by atoms with E-state index in [4.69, 9.17) is 50.3 Å². The summed E-state index contributed by atoms with van der Waals surface area (Å²) in [6.07, 6.45) is 38.4. The quantitative estimate of drug-likeness (QED) is 0.00823. The normalized spacial score (nSPS) is 11.3. The number of hydrogen-bond acceptors (Lipinski definition) is 19. The van der Waals surface area contributed by atoms with Crippen LogP contribution >= 0.6 is 0 Å². The Morgan fingerprint density at radius 3 is 1.08 bits per heavy atom. The molecular formula is C73H156N5O19S+. The number of carbonyl (C=O) groups is 8. The minimum Gasteiger partial charge on any atom is -0.483 e. The molecule has 1 rings (SSSR count). The molecule has 0 aromatic rings. The number of carbonyl (C=O) groups excluding carboxylic acids is 4. The van der Waals surface area contributed by atoms with E-state index in [1.54, 1.807) is 6.92 Å². The van der Waals surface area contributed by atoms with Crippen LogP contribution in [0.1, 0.15) is 293 Å². The Labute approximate surface area is 599 Å². The van der Waals surface area contributed by atoms with Crippen LogP contribution in [0.5, 0.6) is 0 Å². The van der Waals surface area contributed by atoms with Gasteiger partial charge >= 0.3 is 35.8 Å². The predicted octanol–water partition coefficient (Wildman–Crippen LogP) is 13.9. The van der Waals surface area contributed by atoms with Gasteiger partial charge < -0.3 is 69.5 Å². The molecule has 1 aliphatic rings. The maximum Gasteiger partial charge on any atom is 0.305 e. The van der Waals surface area contributed by atoms with Gasteiger partial charge in [0, 0.05) is 45.6 Å². The topological polar surface area (TPSA) is 345 Å². The van der Waals surface area contributed by atoms with E-state index in [2.05, 4.69) is 65.7 Å². The Kier molecular flexibility index (Phi) is 113. The molecule has 592 valence electrons. The molecule has 0 aromatic carbocycles. The van der Waals surface area contributed by atoms with Crippen LogP contribution in [0.3, 0.4) is 0 Å². The van der Waals surface area contributed by atoms with E-state index in [1.807, 2.05) is 42.0 Å². The number of esters is 3. The number of aliphatic hydroxyl groups is 1. The van der Waals surface area contributed by atoms with Crippen molar-refractivity contribution in [2.45, 2.75) is 293 Å². The van der Waals surface area contributed by atoms with Gasteiger partial charge in [-0.3, -0.25) is 37.7 Å². The third kappa shape index (κ3) is 147. The van der Waals surface area contributed by atoms with Crippen molar-refractivity contribution >= 4 is 58.7 Å². The zero-order valence-corrected chi connectivity index (χ0v) is 65.3. The molecule has 24 nitrogen and oxygen atoms in total. The highest BCUT2D eigenvalue weighted by Crippen LogP contribution is 2.13. The average Bonchev–Trinajstić information content (AvgIpc) is 1.02. The van der Waals surface area contributed by atoms with Gasteiger partial charge in [-0.25, -0.2) is 0 Å². The summed E-state index contributed by atoms with van der Waals surface area (Å²) in [7, 11) is 13.8. The Morgan fingerprint density at radius 1 is 0.490 bits per heavy atom. The predicted molar refractivity (Wildman–Crippen MR) is 401 cm³/mol. The molecule has 0 saturated carbocycles. The van der Waals surface area contributed by atoms with E-state index in [0.29, 0.717) is 65.3 Å². The third-order valence-electron chi connectivity index (χ3n) is 13.4. The second kappa shape index (κ2) is 96.8. The molecule has 1 aliphatic heterocycles. The highest BCUT2D eigenvalue weighted by Gasteiger charge is 2.15. The Balaban J connectivity index is -0.000000119. The van der Waals surface area contributed by atoms with Gasteiger partial charge in [-0.2, -0.15) is 8.42 Å². The number of nitrogens with zero attached hydrogens (tertiary/aromatic N) is 4. The fourth-order valence-electron chi connectivity index (χ4n) is 8.09. The summed E-state index contributed by atoms with van der Waals surface area (Å²) >= 11 is 0. The van der Waals surface area contributed by atoms with E-state index >= 15 is 0 Å². The van der Waals surface area contributed by atoms with Crippen molar-refractivity contribution in [2.24, 2.45) is 5.73 Å². The molecule has 1 heterocycles. The first-order valence-corrected chi connectivity index (χ1v) is 38.0. The summed E-state index contributed by atoms with van der Waals surface area (Å²) in [5.74, 6) is -2.13. The number of aldehydes is 1. The largest absolute Gasteiger partial charge is 0.483 e. The summed E-state index contributed by atoms with van der Waals surface area (Å²) in [6, 6.07) is 0. The van der Waals surface area contributed by atoms with Crippen molar-refractivity contribution in [1.29, 1.82) is 0 Å². The molecule has 0 spiro atoms. The summed E-state index contributed by atoms with van der Waals surface area (Å²) in [6.45, 7) is 21.6. The van der Waals surface area contributed by atoms with Gasteiger partial charge in [0.2, 0.25) is 0 Å². The SMILES string of the molecule is C.CC=O.CCCCCCCCCCCCOC(=O)CCCCC[N+](C)(C)CCCCC.CCCO.CCCOC(=O)CCCCCN(C)C.CCOC(C)=O.CN(C)CCCCCC(=O)O.CN(C)CCCCCC(=O)O.NCCCCCC(=O)O.O=CO.O=S1(=O)CCCCO1. The number of quaternary nitrogens is 1. The molecule has 0 aliphatic carbocycles. The zero-order chi connectivity index (χ0) is 76.1. The fraction of sp³-hybridized carbons (Fsp3) is 0.890. The van der Waals surface area contributed by atoms with Gasteiger partial charge in [-0.1, -0.05) is 125 Å². The average molecular weight is 1440 g/mol. The Hall–Kier alpha value is -4.37. The lowest BCUT2D eigenvalue weighted by atomic mass is 10.1. The second-order valence-corrected chi connectivity index (χ2v) is 26.7. The van der Waals surface area contributed by atoms with Crippen molar-refractivity contribution in [1.82, 2.24) is 14.7 Å². The number of carboxylic acid groups (broad SMARTS) is 4. The highest BCUT2D eigenvalue weighted by molar-refractivity contribution is 7.86. The molecule has 0 bridgehead atoms. The van der Waals surface area contributed by atoms with Crippen molar-refractivity contribution < 1.29 is 95.2 Å². The van der Waals surface area contributed by atoms with Gasteiger partial charge in [0.1, 0.15) is 6.29 Å². The monoisotopic (exact) mass is 1440 g/mol. The van der Waals surface area contributed by atoms with E-state index in [1.165, 1.54) is 110 Å². The van der Waals surface area contributed by atoms with Crippen LogP contribution in [-0.4, -0.2) is 236 Å². The molecule has 7 N–H and O–H groups in total. The molecule has 1 saturated heterocycles. The number of hydrogen-bond donors (Lipinski definition) is 6. The van der Waals surface area contributed by atoms with Crippen LogP contribution in [0.4, 0.5) is 0 Å². The molecule has 0 amide bonds. The van der Waals surface area contributed by atoms with Crippen LogP contribution in [0.15, 0.2) is 0 Å². The molecule has 0 atom stereocenters. The maximum atomic E-state index is 11.8. The van der Waals surface area contributed by atoms with E-state index in [9.17, 15) is 37.2 Å². The fourth-order valence-corrected chi connectivity index (χ4v) is 9.13. The lowest BCUT2D eigenvalue weighted by molar-refractivity contribution is -0.890. The zero-order valence-electron chi connectivity index (χ0n) is 64.5. The third-order valence-corrected chi connectivity index (χ3v) is 14.7. The van der Waals surface area contributed by atoms with Gasteiger partial charge in [0.05, 0.1) is 59.4 Å². The Bertz CT molecular complexity index is 1730. The van der Waals surface area contributed by atoms with Gasteiger partial charge in [-0.05, 0) is 198 Å². The van der Waals surface area contributed by atoms with Crippen molar-refractivity contribution in [2.75, 3.05) is 134 Å². The Morgan fingerprint density at radius 2 is 0.806 bits per heavy atom. The van der Waals surface area contributed by atoms with Gasteiger partial charge in [-0.15, -0.1) is 0 Å². The highest BCUT2D eigenvalue weighted by atomic mass is 32.2. The van der Waals surface area contributed by atoms with Crippen LogP contribution in [-0.2, 0) is 66.9 Å². The molecule has 0 unspecified atom stereocenters. The standard InChI is InChI=1S/C25H52NO2.C11H23NO2.2C8H17NO2.C6H13NO2.C4H8O3S.C4H8O2.C3H8O.C2H4O.CH2O2.CH4/c1-5-7-9-10-11-12-13-14-15-20-24-28-25(27)21-17-16-19-23-26(3,4)22-18-8-6-2;1-4-10-14-11(13)8-6-5-7-9-12(2)3;2*1-9(2)7-5-3-4-6-8(10)11;7-5-3-1-2-4-6(8)9;5-8(6)4-2-1-3-7-8;1-3-6-4(2)5;1-2-3-4;1-2-3;2-1-3;/h5-24H2,1-4H3;4-10H2,1-3H3;2*3-7H2,1-2H3,(H,10,11);1-5,7H2,(H,8,9);1-4H2;3H2,1-2H3;4H,2-3H2,1H3;2H,1H3;1H,(H,2,3);1H4/q+1;;;;;;;;;;. The summed E-state index contributed by atoms with van der Waals surface area (Å²) in [4.78, 5) is 86.4. The lowest BCUT2D eigenvalue weighted by Gasteiger charge is -2.29. The van der Waals surface area contributed by atoms with Crippen molar-refractivity contribution in [3.05, 3.63) is 0 Å². The molecule has 0 aromatic heterocycles. The number of ether oxygens (including phenoxy) is 3. The lowest BCUT2D eigenvalue weighted by Crippen LogP contribution is -2.41. The summed E-state index contributed by atoms with van der Waals surface area (Å²) < 4.78 is 41.2. The van der Waals surface area contributed by atoms with Gasteiger partial charge in [0.25, 0.3) is 16.6 Å². The van der Waals surface area contributed by atoms with E-state index < -0.39 is 28.0 Å². The van der Waals surface area contributed by atoms with Crippen LogP contribution < -0.4 is 5.73 Å². The summed E-state index contributed by atoms with van der Waals surface area (Å²) in [5, 5.41) is 39.6. The van der Waals surface area contributed by atoms with Crippen molar-refractivity contribution in [3.8, 4) is 0 Å². The first-order chi connectivity index (χ1) is 45.9. The van der Waals surface area contributed by atoms with E-state index in [-0.39, 0.29) is 44.0 Å². The molecule has 1 fully saturated rings. The van der Waals surface area contributed by atoms with E-state index in [0.717, 1.165) is 152 Å².